The van der Waals surface area contributed by atoms with Crippen LogP contribution in [0, 0.1) is 5.92 Å². The molecule has 17 heavy (non-hydrogen) atoms. The van der Waals surface area contributed by atoms with Crippen molar-refractivity contribution in [3.63, 3.8) is 0 Å². The van der Waals surface area contributed by atoms with Crippen LogP contribution in [0.1, 0.15) is 38.2 Å². The van der Waals surface area contributed by atoms with Crippen LogP contribution in [0.15, 0.2) is 18.2 Å². The molecule has 2 unspecified atom stereocenters. The van der Waals surface area contributed by atoms with Crippen molar-refractivity contribution in [1.29, 1.82) is 0 Å². The third-order valence-electron chi connectivity index (χ3n) is 3.78. The number of hydrogen-bond donors (Lipinski definition) is 1. The van der Waals surface area contributed by atoms with Gasteiger partial charge in [-0.25, -0.2) is 0 Å². The van der Waals surface area contributed by atoms with Crippen molar-refractivity contribution in [2.24, 2.45) is 5.92 Å². The van der Waals surface area contributed by atoms with Gasteiger partial charge in [0.25, 0.3) is 0 Å². The van der Waals surface area contributed by atoms with Gasteiger partial charge in [0.15, 0.2) is 0 Å². The van der Waals surface area contributed by atoms with E-state index in [9.17, 15) is 5.11 Å². The van der Waals surface area contributed by atoms with Gasteiger partial charge >= 0.3 is 0 Å². The van der Waals surface area contributed by atoms with Crippen LogP contribution in [0.3, 0.4) is 0 Å². The molecule has 0 radical (unpaired) electrons. The molecule has 1 aliphatic carbocycles. The first-order chi connectivity index (χ1) is 8.02. The molecule has 1 fully saturated rings. The second-order valence-electron chi connectivity index (χ2n) is 5.17. The summed E-state index contributed by atoms with van der Waals surface area (Å²) in [6.07, 6.45) is 4.77. The maximum atomic E-state index is 10.5. The van der Waals surface area contributed by atoms with E-state index in [0.29, 0.717) is 22.4 Å². The third kappa shape index (κ3) is 3.15. The molecule has 1 aromatic carbocycles. The summed E-state index contributed by atoms with van der Waals surface area (Å²) in [5.41, 5.74) is 0.524. The Kier molecular flexibility index (Phi) is 4.02. The maximum absolute atomic E-state index is 10.5. The lowest BCUT2D eigenvalue weighted by Gasteiger charge is -2.23. The monoisotopic (exact) mass is 272 g/mol. The lowest BCUT2D eigenvalue weighted by atomic mass is 9.91. The average molecular weight is 273 g/mol. The molecule has 0 heterocycles. The molecular weight excluding hydrogens is 255 g/mol. The van der Waals surface area contributed by atoms with Crippen LogP contribution in [0.5, 0.6) is 0 Å². The lowest BCUT2D eigenvalue weighted by Crippen LogP contribution is -2.27. The van der Waals surface area contributed by atoms with Crippen LogP contribution in [0.4, 0.5) is 0 Å². The molecule has 1 saturated carbocycles. The van der Waals surface area contributed by atoms with Crippen LogP contribution in [-0.4, -0.2) is 10.7 Å². The second-order valence-corrected chi connectivity index (χ2v) is 5.98. The van der Waals surface area contributed by atoms with Crippen LogP contribution >= 0.6 is 23.2 Å². The highest BCUT2D eigenvalue weighted by Gasteiger charge is 2.36. The van der Waals surface area contributed by atoms with E-state index in [1.165, 1.54) is 0 Å². The first-order valence-electron chi connectivity index (χ1n) is 6.19. The Morgan fingerprint density at radius 1 is 1.35 bits per heavy atom. The van der Waals surface area contributed by atoms with Gasteiger partial charge < -0.3 is 5.11 Å². The van der Waals surface area contributed by atoms with E-state index in [-0.39, 0.29) is 0 Å². The summed E-state index contributed by atoms with van der Waals surface area (Å²) in [6, 6.07) is 5.61. The van der Waals surface area contributed by atoms with Crippen molar-refractivity contribution in [2.75, 3.05) is 0 Å². The number of halogens is 2. The molecule has 0 aromatic heterocycles. The van der Waals surface area contributed by atoms with E-state index in [2.05, 4.69) is 6.92 Å². The molecule has 0 aliphatic heterocycles. The van der Waals surface area contributed by atoms with Gasteiger partial charge in [0.1, 0.15) is 0 Å². The Bertz CT molecular complexity index is 405. The quantitative estimate of drug-likeness (QED) is 0.861. The molecule has 2 atom stereocenters. The van der Waals surface area contributed by atoms with Crippen molar-refractivity contribution >= 4 is 23.2 Å². The predicted octanol–water partition coefficient (Wildman–Crippen LogP) is 4.48. The number of aliphatic hydroxyl groups is 1. The van der Waals surface area contributed by atoms with Crippen molar-refractivity contribution in [3.8, 4) is 0 Å². The summed E-state index contributed by atoms with van der Waals surface area (Å²) in [4.78, 5) is 0. The third-order valence-corrected chi connectivity index (χ3v) is 4.52. The molecule has 1 aliphatic rings. The highest BCUT2D eigenvalue weighted by Crippen LogP contribution is 2.39. The smallest absolute Gasteiger partial charge is 0.0690 e. The Morgan fingerprint density at radius 3 is 2.71 bits per heavy atom. The standard InChI is InChI=1S/C14H18Cl2O/c1-2-10-5-6-14(17,8-10)9-11-3-4-12(15)13(16)7-11/h3-4,7,10,17H,2,5-6,8-9H2,1H3. The fourth-order valence-electron chi connectivity index (χ4n) is 2.75. The van der Waals surface area contributed by atoms with E-state index < -0.39 is 5.60 Å². The van der Waals surface area contributed by atoms with E-state index in [0.717, 1.165) is 31.2 Å². The Morgan fingerprint density at radius 2 is 2.12 bits per heavy atom. The minimum Gasteiger partial charge on any atom is -0.390 e. The average Bonchev–Trinajstić information content (AvgIpc) is 2.66. The van der Waals surface area contributed by atoms with Crippen molar-refractivity contribution < 1.29 is 5.11 Å². The number of benzene rings is 1. The first-order valence-corrected chi connectivity index (χ1v) is 6.94. The van der Waals surface area contributed by atoms with Crippen molar-refractivity contribution in [3.05, 3.63) is 33.8 Å². The van der Waals surface area contributed by atoms with Crippen molar-refractivity contribution in [2.45, 2.75) is 44.6 Å². The fourth-order valence-corrected chi connectivity index (χ4v) is 3.07. The lowest BCUT2D eigenvalue weighted by molar-refractivity contribution is 0.0437. The summed E-state index contributed by atoms with van der Waals surface area (Å²) in [6.45, 7) is 2.19. The Hall–Kier alpha value is -0.240. The predicted molar refractivity (Wildman–Crippen MR) is 72.7 cm³/mol. The highest BCUT2D eigenvalue weighted by molar-refractivity contribution is 6.42. The van der Waals surface area contributed by atoms with E-state index in [1.54, 1.807) is 6.07 Å². The van der Waals surface area contributed by atoms with Crippen LogP contribution in [-0.2, 0) is 6.42 Å². The zero-order valence-corrected chi connectivity index (χ0v) is 11.6. The molecule has 2 rings (SSSR count). The molecule has 1 aromatic rings. The summed E-state index contributed by atoms with van der Waals surface area (Å²) < 4.78 is 0. The number of rotatable bonds is 3. The molecule has 0 saturated heterocycles. The van der Waals surface area contributed by atoms with Gasteiger partial charge in [-0.05, 0) is 42.9 Å². The van der Waals surface area contributed by atoms with E-state index in [1.807, 2.05) is 12.1 Å². The van der Waals surface area contributed by atoms with Gasteiger partial charge in [0, 0.05) is 6.42 Å². The normalized spacial score (nSPS) is 28.6. The summed E-state index contributed by atoms with van der Waals surface area (Å²) in [7, 11) is 0. The minimum absolute atomic E-state index is 0.544. The molecule has 3 heteroatoms. The van der Waals surface area contributed by atoms with Gasteiger partial charge in [-0.3, -0.25) is 0 Å². The van der Waals surface area contributed by atoms with Gasteiger partial charge in [0.2, 0.25) is 0 Å². The Labute approximate surface area is 113 Å². The molecule has 0 bridgehead atoms. The van der Waals surface area contributed by atoms with Gasteiger partial charge in [-0.2, -0.15) is 0 Å². The summed E-state index contributed by atoms with van der Waals surface area (Å²) in [5, 5.41) is 11.7. The molecule has 94 valence electrons. The molecule has 0 spiro atoms. The summed E-state index contributed by atoms with van der Waals surface area (Å²) >= 11 is 11.9. The van der Waals surface area contributed by atoms with Gasteiger partial charge in [0.05, 0.1) is 15.6 Å². The SMILES string of the molecule is CCC1CCC(O)(Cc2ccc(Cl)c(Cl)c2)C1. The molecule has 1 N–H and O–H groups in total. The zero-order chi connectivity index (χ0) is 12.5. The zero-order valence-electron chi connectivity index (χ0n) is 10.0. The van der Waals surface area contributed by atoms with Crippen LogP contribution in [0.2, 0.25) is 10.0 Å². The Balaban J connectivity index is 2.08. The molecule has 1 nitrogen and oxygen atoms in total. The molecule has 0 amide bonds. The van der Waals surface area contributed by atoms with Crippen LogP contribution < -0.4 is 0 Å². The largest absolute Gasteiger partial charge is 0.390 e. The first kappa shape index (κ1) is 13.2. The molecular formula is C14H18Cl2O. The fraction of sp³-hybridized carbons (Fsp3) is 0.571. The van der Waals surface area contributed by atoms with Gasteiger partial charge in [-0.1, -0.05) is 42.6 Å². The topological polar surface area (TPSA) is 20.2 Å². The van der Waals surface area contributed by atoms with Crippen LogP contribution in [0.25, 0.3) is 0 Å². The van der Waals surface area contributed by atoms with E-state index >= 15 is 0 Å². The van der Waals surface area contributed by atoms with Gasteiger partial charge in [-0.15, -0.1) is 0 Å². The minimum atomic E-state index is -0.544. The van der Waals surface area contributed by atoms with E-state index in [4.69, 9.17) is 23.2 Å². The summed E-state index contributed by atoms with van der Waals surface area (Å²) in [5.74, 6) is 0.669. The van der Waals surface area contributed by atoms with Crippen molar-refractivity contribution in [1.82, 2.24) is 0 Å². The number of hydrogen-bond acceptors (Lipinski definition) is 1. The maximum Gasteiger partial charge on any atom is 0.0690 e. The second kappa shape index (κ2) is 5.17. The highest BCUT2D eigenvalue weighted by atomic mass is 35.5.